The SMILES string of the molecule is CC(C)(C)CC(CN)c1ccc(N(C2=CCCc3ccccc32)c2ccccc2)cc1. The maximum absolute atomic E-state index is 6.15. The molecule has 0 amide bonds. The quantitative estimate of drug-likeness (QED) is 0.462. The number of benzene rings is 3. The van der Waals surface area contributed by atoms with Gasteiger partial charge in [-0.2, -0.15) is 0 Å². The fourth-order valence-electron chi connectivity index (χ4n) is 4.65. The van der Waals surface area contributed by atoms with Gasteiger partial charge in [0.25, 0.3) is 0 Å². The summed E-state index contributed by atoms with van der Waals surface area (Å²) >= 11 is 0. The van der Waals surface area contributed by atoms with Gasteiger partial charge < -0.3 is 10.6 Å². The van der Waals surface area contributed by atoms with Crippen LogP contribution in [0, 0.1) is 5.41 Å². The molecule has 1 atom stereocenters. The molecule has 2 nitrogen and oxygen atoms in total. The summed E-state index contributed by atoms with van der Waals surface area (Å²) < 4.78 is 0. The summed E-state index contributed by atoms with van der Waals surface area (Å²) in [4.78, 5) is 2.39. The van der Waals surface area contributed by atoms with Crippen LogP contribution in [0.4, 0.5) is 11.4 Å². The van der Waals surface area contributed by atoms with Crippen molar-refractivity contribution in [3.63, 3.8) is 0 Å². The number of hydrogen-bond donors (Lipinski definition) is 1. The van der Waals surface area contributed by atoms with Crippen molar-refractivity contribution in [2.75, 3.05) is 11.4 Å². The minimum Gasteiger partial charge on any atom is -0.330 e. The second-order valence-electron chi connectivity index (χ2n) is 9.75. The molecule has 2 heteroatoms. The summed E-state index contributed by atoms with van der Waals surface area (Å²) in [6.07, 6.45) is 5.64. The van der Waals surface area contributed by atoms with Gasteiger partial charge >= 0.3 is 0 Å². The first-order valence-electron chi connectivity index (χ1n) is 11.4. The summed E-state index contributed by atoms with van der Waals surface area (Å²) in [5, 5.41) is 0. The summed E-state index contributed by atoms with van der Waals surface area (Å²) in [6, 6.07) is 28.5. The van der Waals surface area contributed by atoms with Crippen LogP contribution in [0.2, 0.25) is 0 Å². The highest BCUT2D eigenvalue weighted by Crippen LogP contribution is 2.39. The van der Waals surface area contributed by atoms with Crippen LogP contribution >= 0.6 is 0 Å². The first-order valence-corrected chi connectivity index (χ1v) is 11.4. The Labute approximate surface area is 187 Å². The molecular formula is C29H34N2. The zero-order chi connectivity index (χ0) is 21.8. The van der Waals surface area contributed by atoms with E-state index in [0.717, 1.165) is 19.3 Å². The Morgan fingerprint density at radius 2 is 1.48 bits per heavy atom. The molecule has 2 N–H and O–H groups in total. The van der Waals surface area contributed by atoms with Crippen molar-refractivity contribution in [2.45, 2.75) is 46.0 Å². The number of para-hydroxylation sites is 1. The number of nitrogens with zero attached hydrogens (tertiary/aromatic N) is 1. The lowest BCUT2D eigenvalue weighted by atomic mass is 9.81. The second kappa shape index (κ2) is 9.11. The van der Waals surface area contributed by atoms with E-state index in [1.807, 2.05) is 0 Å². The third kappa shape index (κ3) is 4.91. The van der Waals surface area contributed by atoms with Crippen molar-refractivity contribution in [3.05, 3.63) is 102 Å². The van der Waals surface area contributed by atoms with E-state index >= 15 is 0 Å². The van der Waals surface area contributed by atoms with Crippen molar-refractivity contribution >= 4 is 17.1 Å². The minimum atomic E-state index is 0.259. The van der Waals surface area contributed by atoms with Crippen LogP contribution in [-0.2, 0) is 6.42 Å². The van der Waals surface area contributed by atoms with Crippen molar-refractivity contribution in [1.29, 1.82) is 0 Å². The van der Waals surface area contributed by atoms with Crippen LogP contribution in [-0.4, -0.2) is 6.54 Å². The highest BCUT2D eigenvalue weighted by Gasteiger charge is 2.22. The summed E-state index contributed by atoms with van der Waals surface area (Å²) in [6.45, 7) is 7.54. The highest BCUT2D eigenvalue weighted by atomic mass is 15.1. The lowest BCUT2D eigenvalue weighted by Gasteiger charge is -2.32. The van der Waals surface area contributed by atoms with Crippen LogP contribution in [0.25, 0.3) is 5.70 Å². The first-order chi connectivity index (χ1) is 15.0. The van der Waals surface area contributed by atoms with Gasteiger partial charge in [-0.25, -0.2) is 0 Å². The molecular weight excluding hydrogens is 376 g/mol. The fourth-order valence-corrected chi connectivity index (χ4v) is 4.65. The Kier molecular flexibility index (Phi) is 6.29. The lowest BCUT2D eigenvalue weighted by molar-refractivity contribution is 0.342. The minimum absolute atomic E-state index is 0.259. The largest absolute Gasteiger partial charge is 0.330 e. The molecule has 0 bridgehead atoms. The van der Waals surface area contributed by atoms with E-state index in [4.69, 9.17) is 5.73 Å². The normalized spacial score (nSPS) is 14.5. The smallest absolute Gasteiger partial charge is 0.0497 e. The molecule has 0 saturated carbocycles. The molecule has 0 radical (unpaired) electrons. The monoisotopic (exact) mass is 410 g/mol. The van der Waals surface area contributed by atoms with Gasteiger partial charge in [0.15, 0.2) is 0 Å². The summed E-state index contributed by atoms with van der Waals surface area (Å²) in [5.41, 5.74) is 14.1. The molecule has 1 aliphatic rings. The van der Waals surface area contributed by atoms with Crippen molar-refractivity contribution in [2.24, 2.45) is 11.1 Å². The van der Waals surface area contributed by atoms with Crippen LogP contribution in [0.5, 0.6) is 0 Å². The highest BCUT2D eigenvalue weighted by molar-refractivity contribution is 5.89. The molecule has 31 heavy (non-hydrogen) atoms. The van der Waals surface area contributed by atoms with E-state index in [-0.39, 0.29) is 5.41 Å². The molecule has 0 spiro atoms. The molecule has 0 fully saturated rings. The summed E-state index contributed by atoms with van der Waals surface area (Å²) in [7, 11) is 0. The molecule has 0 saturated heterocycles. The molecule has 4 rings (SSSR count). The molecule has 0 aromatic heterocycles. The topological polar surface area (TPSA) is 29.3 Å². The lowest BCUT2D eigenvalue weighted by Crippen LogP contribution is -2.20. The number of hydrogen-bond acceptors (Lipinski definition) is 2. The molecule has 160 valence electrons. The Hall–Kier alpha value is -2.84. The number of nitrogens with two attached hydrogens (primary N) is 1. The van der Waals surface area contributed by atoms with Crippen LogP contribution in [0.1, 0.15) is 56.2 Å². The van der Waals surface area contributed by atoms with Crippen LogP contribution in [0.3, 0.4) is 0 Å². The van der Waals surface area contributed by atoms with Gasteiger partial charge in [-0.1, -0.05) is 81.4 Å². The zero-order valence-electron chi connectivity index (χ0n) is 19.0. The van der Waals surface area contributed by atoms with E-state index < -0.39 is 0 Å². The van der Waals surface area contributed by atoms with Crippen molar-refractivity contribution in [3.8, 4) is 0 Å². The zero-order valence-corrected chi connectivity index (χ0v) is 19.0. The van der Waals surface area contributed by atoms with Gasteiger partial charge in [0, 0.05) is 22.6 Å². The van der Waals surface area contributed by atoms with Gasteiger partial charge in [-0.3, -0.25) is 0 Å². The Morgan fingerprint density at radius 1 is 0.839 bits per heavy atom. The number of rotatable bonds is 6. The average Bonchev–Trinajstić information content (AvgIpc) is 2.78. The Balaban J connectivity index is 1.73. The maximum atomic E-state index is 6.15. The van der Waals surface area contributed by atoms with Gasteiger partial charge in [0.2, 0.25) is 0 Å². The predicted molar refractivity (Wildman–Crippen MR) is 134 cm³/mol. The number of fused-ring (bicyclic) bond motifs is 1. The van der Waals surface area contributed by atoms with E-state index in [1.54, 1.807) is 0 Å². The van der Waals surface area contributed by atoms with Crippen molar-refractivity contribution in [1.82, 2.24) is 0 Å². The Morgan fingerprint density at radius 3 is 2.16 bits per heavy atom. The fraction of sp³-hybridized carbons (Fsp3) is 0.310. The van der Waals surface area contributed by atoms with Gasteiger partial charge in [-0.15, -0.1) is 0 Å². The van der Waals surface area contributed by atoms with Crippen LogP contribution < -0.4 is 10.6 Å². The maximum Gasteiger partial charge on any atom is 0.0497 e. The average molecular weight is 411 g/mol. The predicted octanol–water partition coefficient (Wildman–Crippen LogP) is 7.29. The molecule has 1 aliphatic carbocycles. The van der Waals surface area contributed by atoms with Gasteiger partial charge in [0.05, 0.1) is 0 Å². The molecule has 0 heterocycles. The number of aryl methyl sites for hydroxylation is 1. The number of allylic oxidation sites excluding steroid dienone is 1. The van der Waals surface area contributed by atoms with E-state index in [9.17, 15) is 0 Å². The van der Waals surface area contributed by atoms with E-state index in [2.05, 4.69) is 111 Å². The van der Waals surface area contributed by atoms with Crippen molar-refractivity contribution < 1.29 is 0 Å². The van der Waals surface area contributed by atoms with Crippen LogP contribution in [0.15, 0.2) is 84.9 Å². The standard InChI is InChI=1S/C29H34N2/c1-29(2,3)20-24(21-30)22-16-18-26(19-17-22)31(25-12-5-4-6-13-25)28-15-9-11-23-10-7-8-14-27(23)28/h4-8,10,12-19,24H,9,11,20-21,30H2,1-3H3. The first kappa shape index (κ1) is 21.4. The second-order valence-corrected chi connectivity index (χ2v) is 9.75. The van der Waals surface area contributed by atoms with Gasteiger partial charge in [0.1, 0.15) is 0 Å². The molecule has 0 aliphatic heterocycles. The van der Waals surface area contributed by atoms with E-state index in [0.29, 0.717) is 12.5 Å². The molecule has 1 unspecified atom stereocenters. The third-order valence-electron chi connectivity index (χ3n) is 6.07. The molecule has 3 aromatic carbocycles. The summed E-state index contributed by atoms with van der Waals surface area (Å²) in [5.74, 6) is 0.383. The number of anilines is 2. The Bertz CT molecular complexity index is 1030. The third-order valence-corrected chi connectivity index (χ3v) is 6.07. The van der Waals surface area contributed by atoms with Gasteiger partial charge in [-0.05, 0) is 72.5 Å². The van der Waals surface area contributed by atoms with E-state index in [1.165, 1.54) is 33.8 Å². The molecule has 3 aromatic rings.